The molecule has 88 valence electrons. The van der Waals surface area contributed by atoms with Crippen LogP contribution in [-0.2, 0) is 6.42 Å². The molecule has 2 heterocycles. The minimum atomic E-state index is 1.00. The number of para-hydroxylation sites is 1. The lowest BCUT2D eigenvalue weighted by atomic mass is 10.1. The fraction of sp³-hybridized carbons (Fsp3) is 0.357. The molecule has 3 N–H and O–H groups in total. The first kappa shape index (κ1) is 10.4. The zero-order chi connectivity index (χ0) is 11.5. The average molecular weight is 228 g/mol. The Bertz CT molecular complexity index is 539. The third-order valence-electron chi connectivity index (χ3n) is 3.35. The molecule has 1 aliphatic heterocycles. The lowest BCUT2D eigenvalue weighted by Crippen LogP contribution is -2.72. The molecule has 0 saturated carbocycles. The standard InChI is InChI=1S/C14H17N3/c1-2-5-13-12(4-1)11(10-17-13)7-9-16-14-6-3-8-15-14/h1-2,4-5,10,17H,3,6-9H2,(H,15,16)/p+1. The maximum atomic E-state index is 3.48. The Labute approximate surface area is 101 Å². The number of nitrogens with one attached hydrogen (secondary N) is 3. The van der Waals surface area contributed by atoms with Gasteiger partial charge in [-0.3, -0.25) is 10.3 Å². The van der Waals surface area contributed by atoms with Gasteiger partial charge in [0, 0.05) is 23.5 Å². The van der Waals surface area contributed by atoms with Gasteiger partial charge < -0.3 is 4.98 Å². The molecule has 0 atom stereocenters. The molecule has 0 aliphatic carbocycles. The molecule has 1 aromatic heterocycles. The van der Waals surface area contributed by atoms with E-state index in [1.54, 1.807) is 0 Å². The van der Waals surface area contributed by atoms with E-state index >= 15 is 0 Å². The highest BCUT2D eigenvalue weighted by atomic mass is 15.0. The highest BCUT2D eigenvalue weighted by molar-refractivity contribution is 5.83. The molecule has 0 amide bonds. The van der Waals surface area contributed by atoms with Gasteiger partial charge in [-0.1, -0.05) is 18.2 Å². The molecule has 2 aromatic rings. The Morgan fingerprint density at radius 2 is 2.24 bits per heavy atom. The first-order chi connectivity index (χ1) is 8.43. The lowest BCUT2D eigenvalue weighted by molar-refractivity contribution is -0.449. The van der Waals surface area contributed by atoms with Gasteiger partial charge in [-0.25, -0.2) is 0 Å². The van der Waals surface area contributed by atoms with Crippen molar-refractivity contribution in [2.24, 2.45) is 0 Å². The van der Waals surface area contributed by atoms with Gasteiger partial charge in [0.05, 0.1) is 19.5 Å². The van der Waals surface area contributed by atoms with Gasteiger partial charge in [-0.2, -0.15) is 0 Å². The summed E-state index contributed by atoms with van der Waals surface area (Å²) in [6.45, 7) is 2.12. The molecule has 0 saturated heterocycles. The van der Waals surface area contributed by atoms with Crippen LogP contribution < -0.4 is 10.3 Å². The summed E-state index contributed by atoms with van der Waals surface area (Å²) in [4.78, 5) is 6.69. The molecule has 0 radical (unpaired) electrons. The summed E-state index contributed by atoms with van der Waals surface area (Å²) in [6.07, 6.45) is 5.62. The van der Waals surface area contributed by atoms with E-state index in [2.05, 4.69) is 45.8 Å². The summed E-state index contributed by atoms with van der Waals surface area (Å²) in [5.74, 6) is 1.31. The fourth-order valence-corrected chi connectivity index (χ4v) is 2.43. The van der Waals surface area contributed by atoms with Crippen molar-refractivity contribution in [3.05, 3.63) is 36.0 Å². The molecule has 3 rings (SSSR count). The van der Waals surface area contributed by atoms with Gasteiger partial charge in [-0.15, -0.1) is 0 Å². The first-order valence-corrected chi connectivity index (χ1v) is 6.32. The van der Waals surface area contributed by atoms with Crippen molar-refractivity contribution in [1.29, 1.82) is 0 Å². The predicted molar refractivity (Wildman–Crippen MR) is 70.1 cm³/mol. The van der Waals surface area contributed by atoms with Crippen molar-refractivity contribution < 1.29 is 4.99 Å². The minimum Gasteiger partial charge on any atom is -0.361 e. The number of benzene rings is 1. The fourth-order valence-electron chi connectivity index (χ4n) is 2.43. The predicted octanol–water partition coefficient (Wildman–Crippen LogP) is 0.573. The molecular weight excluding hydrogens is 210 g/mol. The average Bonchev–Trinajstić information content (AvgIpc) is 2.99. The molecule has 3 nitrogen and oxygen atoms in total. The van der Waals surface area contributed by atoms with E-state index in [0.717, 1.165) is 19.5 Å². The van der Waals surface area contributed by atoms with Gasteiger partial charge in [-0.05, 0) is 18.1 Å². The molecule has 0 bridgehead atoms. The Morgan fingerprint density at radius 1 is 1.29 bits per heavy atom. The molecule has 1 aliphatic rings. The van der Waals surface area contributed by atoms with Crippen LogP contribution in [0.1, 0.15) is 18.4 Å². The third-order valence-corrected chi connectivity index (χ3v) is 3.35. The summed E-state index contributed by atoms with van der Waals surface area (Å²) in [5.41, 5.74) is 2.63. The molecule has 1 aromatic carbocycles. The second kappa shape index (κ2) is 4.62. The number of hydrogen-bond donors (Lipinski definition) is 3. The van der Waals surface area contributed by atoms with E-state index in [1.165, 1.54) is 35.1 Å². The maximum Gasteiger partial charge on any atom is 0.242 e. The molecule has 17 heavy (non-hydrogen) atoms. The van der Waals surface area contributed by atoms with E-state index in [1.807, 2.05) is 0 Å². The van der Waals surface area contributed by atoms with Crippen LogP contribution in [0, 0.1) is 0 Å². The van der Waals surface area contributed by atoms with Crippen LogP contribution in [0.5, 0.6) is 0 Å². The first-order valence-electron chi connectivity index (χ1n) is 6.32. The Balaban J connectivity index is 1.64. The number of amidine groups is 1. The Kier molecular flexibility index (Phi) is 2.82. The summed E-state index contributed by atoms with van der Waals surface area (Å²) >= 11 is 0. The van der Waals surface area contributed by atoms with Crippen molar-refractivity contribution in [3.63, 3.8) is 0 Å². The summed E-state index contributed by atoms with van der Waals surface area (Å²) in [5, 5.41) is 4.82. The van der Waals surface area contributed by atoms with Crippen molar-refractivity contribution in [3.8, 4) is 0 Å². The number of hydrogen-bond acceptors (Lipinski definition) is 1. The van der Waals surface area contributed by atoms with Gasteiger partial charge in [0.2, 0.25) is 5.84 Å². The molecule has 0 spiro atoms. The number of aromatic amines is 1. The van der Waals surface area contributed by atoms with Crippen LogP contribution in [0.3, 0.4) is 0 Å². The van der Waals surface area contributed by atoms with Gasteiger partial charge in [0.25, 0.3) is 0 Å². The van der Waals surface area contributed by atoms with E-state index < -0.39 is 0 Å². The Morgan fingerprint density at radius 3 is 3.12 bits per heavy atom. The zero-order valence-corrected chi connectivity index (χ0v) is 9.92. The van der Waals surface area contributed by atoms with Crippen molar-refractivity contribution in [2.45, 2.75) is 19.3 Å². The quantitative estimate of drug-likeness (QED) is 0.706. The van der Waals surface area contributed by atoms with Crippen LogP contribution >= 0.6 is 0 Å². The number of fused-ring (bicyclic) bond motifs is 1. The van der Waals surface area contributed by atoms with E-state index in [4.69, 9.17) is 0 Å². The Hall–Kier alpha value is -1.77. The van der Waals surface area contributed by atoms with Gasteiger partial charge >= 0.3 is 0 Å². The van der Waals surface area contributed by atoms with Crippen LogP contribution in [0.15, 0.2) is 30.5 Å². The third kappa shape index (κ3) is 2.18. The van der Waals surface area contributed by atoms with Gasteiger partial charge in [0.1, 0.15) is 0 Å². The van der Waals surface area contributed by atoms with Gasteiger partial charge in [0.15, 0.2) is 0 Å². The van der Waals surface area contributed by atoms with Crippen LogP contribution in [0.2, 0.25) is 0 Å². The summed E-state index contributed by atoms with van der Waals surface area (Å²) in [6, 6.07) is 8.47. The number of H-pyrrole nitrogens is 1. The number of aromatic nitrogens is 1. The van der Waals surface area contributed by atoms with Crippen molar-refractivity contribution in [2.75, 3.05) is 13.1 Å². The number of rotatable bonds is 3. The highest BCUT2D eigenvalue weighted by Gasteiger charge is 2.11. The second-order valence-electron chi connectivity index (χ2n) is 4.55. The molecule has 0 fully saturated rings. The zero-order valence-electron chi connectivity index (χ0n) is 9.92. The second-order valence-corrected chi connectivity index (χ2v) is 4.55. The van der Waals surface area contributed by atoms with Crippen LogP contribution in [0.4, 0.5) is 0 Å². The van der Waals surface area contributed by atoms with E-state index in [0.29, 0.717) is 0 Å². The monoisotopic (exact) mass is 228 g/mol. The molecule has 0 unspecified atom stereocenters. The van der Waals surface area contributed by atoms with Crippen LogP contribution in [0.25, 0.3) is 10.9 Å². The SMILES string of the molecule is c1ccc2c(CCNC3=[NH+]CCC3)c[nH]c2c1. The highest BCUT2D eigenvalue weighted by Crippen LogP contribution is 2.17. The summed E-state index contributed by atoms with van der Waals surface area (Å²) < 4.78 is 0. The topological polar surface area (TPSA) is 41.8 Å². The normalized spacial score (nSPS) is 15.2. The summed E-state index contributed by atoms with van der Waals surface area (Å²) in [7, 11) is 0. The van der Waals surface area contributed by atoms with Crippen molar-refractivity contribution in [1.82, 2.24) is 10.3 Å². The van der Waals surface area contributed by atoms with E-state index in [9.17, 15) is 0 Å². The lowest BCUT2D eigenvalue weighted by Gasteiger charge is -1.99. The maximum absolute atomic E-state index is 3.48. The molecular formula is C14H18N3+. The van der Waals surface area contributed by atoms with Crippen molar-refractivity contribution >= 4 is 16.7 Å². The minimum absolute atomic E-state index is 1.00. The van der Waals surface area contributed by atoms with E-state index in [-0.39, 0.29) is 0 Å². The smallest absolute Gasteiger partial charge is 0.242 e. The van der Waals surface area contributed by atoms with Crippen LogP contribution in [-0.4, -0.2) is 23.9 Å². The molecule has 3 heteroatoms. The largest absolute Gasteiger partial charge is 0.361 e.